The van der Waals surface area contributed by atoms with Gasteiger partial charge in [-0.2, -0.15) is 22.7 Å². The van der Waals surface area contributed by atoms with Gasteiger partial charge in [0.2, 0.25) is 5.91 Å². The second-order valence-corrected chi connectivity index (χ2v) is 8.50. The van der Waals surface area contributed by atoms with Crippen molar-refractivity contribution in [1.29, 1.82) is 5.26 Å². The first kappa shape index (κ1) is 18.5. The highest BCUT2D eigenvalue weighted by Crippen LogP contribution is 2.30. The summed E-state index contributed by atoms with van der Waals surface area (Å²) in [7, 11) is -2.50. The predicted molar refractivity (Wildman–Crippen MR) is 95.0 cm³/mol. The molecule has 10 heteroatoms. The molecule has 1 aliphatic heterocycles. The predicted octanol–water partition coefficient (Wildman–Crippen LogP) is 1.98. The smallest absolute Gasteiger partial charge is 0.280 e. The van der Waals surface area contributed by atoms with E-state index in [-0.39, 0.29) is 17.7 Å². The average molecular weight is 394 g/mol. The molecule has 7 nitrogen and oxygen atoms in total. The van der Waals surface area contributed by atoms with Gasteiger partial charge in [-0.15, -0.1) is 11.3 Å². The molecule has 2 aromatic rings. The number of likely N-dealkylation sites (N-methyl/N-ethyl adjacent to an activating group) is 1. The van der Waals surface area contributed by atoms with Crippen LogP contribution in [0.15, 0.2) is 35.7 Å². The van der Waals surface area contributed by atoms with E-state index in [9.17, 15) is 17.6 Å². The molecule has 2 heterocycles. The van der Waals surface area contributed by atoms with E-state index in [4.69, 9.17) is 5.26 Å². The topological polar surface area (TPSA) is 102 Å². The first-order valence-corrected chi connectivity index (χ1v) is 9.93. The minimum atomic E-state index is -3.83. The zero-order valence-corrected chi connectivity index (χ0v) is 15.3. The van der Waals surface area contributed by atoms with Gasteiger partial charge in [-0.25, -0.2) is 4.39 Å². The molecule has 1 aromatic carbocycles. The summed E-state index contributed by atoms with van der Waals surface area (Å²) >= 11 is 1.40. The second kappa shape index (κ2) is 7.13. The van der Waals surface area contributed by atoms with Gasteiger partial charge in [0.05, 0.1) is 11.6 Å². The summed E-state index contributed by atoms with van der Waals surface area (Å²) in [5.41, 5.74) is 0.0236. The van der Waals surface area contributed by atoms with Gasteiger partial charge < -0.3 is 5.32 Å². The van der Waals surface area contributed by atoms with Gasteiger partial charge in [-0.3, -0.25) is 4.79 Å². The van der Waals surface area contributed by atoms with E-state index in [0.717, 1.165) is 15.2 Å². The summed E-state index contributed by atoms with van der Waals surface area (Å²) in [4.78, 5) is 13.5. The van der Waals surface area contributed by atoms with Crippen LogP contribution in [0.1, 0.15) is 22.9 Å². The van der Waals surface area contributed by atoms with Crippen LogP contribution in [0.4, 0.5) is 10.1 Å². The van der Waals surface area contributed by atoms with Gasteiger partial charge in [0.1, 0.15) is 17.9 Å². The average Bonchev–Trinajstić information content (AvgIpc) is 3.13. The van der Waals surface area contributed by atoms with Crippen LogP contribution >= 0.6 is 11.3 Å². The van der Waals surface area contributed by atoms with Gasteiger partial charge >= 0.3 is 0 Å². The first-order chi connectivity index (χ1) is 12.3. The molecule has 26 heavy (non-hydrogen) atoms. The van der Waals surface area contributed by atoms with Crippen molar-refractivity contribution in [2.45, 2.75) is 18.5 Å². The van der Waals surface area contributed by atoms with Gasteiger partial charge in [0.15, 0.2) is 0 Å². The Morgan fingerprint density at radius 2 is 2.23 bits per heavy atom. The molecule has 2 unspecified atom stereocenters. The Kier molecular flexibility index (Phi) is 5.06. The number of benzene rings is 1. The van der Waals surface area contributed by atoms with Crippen molar-refractivity contribution in [3.05, 3.63) is 52.0 Å². The molecule has 2 atom stereocenters. The van der Waals surface area contributed by atoms with Crippen LogP contribution in [0.5, 0.6) is 0 Å². The molecule has 1 fully saturated rings. The normalized spacial score (nSPS) is 22.5. The molecule has 2 N–H and O–H groups in total. The van der Waals surface area contributed by atoms with Crippen molar-refractivity contribution in [3.8, 4) is 6.07 Å². The highest BCUT2D eigenvalue weighted by atomic mass is 32.2. The maximum Gasteiger partial charge on any atom is 0.280 e. The summed E-state index contributed by atoms with van der Waals surface area (Å²) in [6.07, 6.45) is 0.244. The number of halogens is 1. The fourth-order valence-corrected chi connectivity index (χ4v) is 4.83. The molecule has 0 radical (unpaired) electrons. The highest BCUT2D eigenvalue weighted by molar-refractivity contribution is 7.87. The van der Waals surface area contributed by atoms with Gasteiger partial charge in [0.25, 0.3) is 10.2 Å². The number of nitrogens with zero attached hydrogens (tertiary/aromatic N) is 2. The molecule has 1 aromatic heterocycles. The summed E-state index contributed by atoms with van der Waals surface area (Å²) in [6, 6.07) is 7.46. The Hall–Kier alpha value is -2.32. The Labute approximate surface area is 154 Å². The quantitative estimate of drug-likeness (QED) is 0.831. The highest BCUT2D eigenvalue weighted by Gasteiger charge is 2.40. The van der Waals surface area contributed by atoms with Crippen LogP contribution in [-0.4, -0.2) is 31.7 Å². The third-order valence-electron chi connectivity index (χ3n) is 4.11. The molecule has 0 bridgehead atoms. The molecule has 0 saturated carbocycles. The van der Waals surface area contributed by atoms with Crippen LogP contribution < -0.4 is 10.0 Å². The van der Waals surface area contributed by atoms with Crippen molar-refractivity contribution in [3.63, 3.8) is 0 Å². The van der Waals surface area contributed by atoms with Crippen LogP contribution in [0.2, 0.25) is 0 Å². The minimum absolute atomic E-state index is 0.203. The number of hydrogen-bond donors (Lipinski definition) is 2. The Bertz CT molecular complexity index is 970. The van der Waals surface area contributed by atoms with Crippen LogP contribution in [0.3, 0.4) is 0 Å². The Morgan fingerprint density at radius 1 is 1.46 bits per heavy atom. The van der Waals surface area contributed by atoms with E-state index in [1.807, 2.05) is 11.4 Å². The molecule has 3 rings (SSSR count). The molecular formula is C16H15FN4O3S2. The number of amides is 1. The zero-order valence-electron chi connectivity index (χ0n) is 13.6. The van der Waals surface area contributed by atoms with Crippen molar-refractivity contribution in [2.24, 2.45) is 0 Å². The standard InChI is InChI=1S/C16H15FN4O3S2/c1-21-14(8-13(20-26(21,23)24)15-3-2-6-25-15)16(22)19-11-4-5-12(17)10(7-11)9-18/h2-7,13-14,20H,8H2,1H3,(H,19,22). The fourth-order valence-electron chi connectivity index (χ4n) is 2.70. The summed E-state index contributed by atoms with van der Waals surface area (Å²) in [5, 5.41) is 13.3. The number of carbonyl (C=O) groups is 1. The Morgan fingerprint density at radius 3 is 2.88 bits per heavy atom. The van der Waals surface area contributed by atoms with Crippen molar-refractivity contribution in [2.75, 3.05) is 12.4 Å². The van der Waals surface area contributed by atoms with Crippen molar-refractivity contribution in [1.82, 2.24) is 9.03 Å². The first-order valence-electron chi connectivity index (χ1n) is 7.61. The SMILES string of the molecule is CN1C(C(=O)Nc2ccc(F)c(C#N)c2)CC(c2cccs2)NS1(=O)=O. The van der Waals surface area contributed by atoms with Crippen LogP contribution in [-0.2, 0) is 15.0 Å². The third kappa shape index (κ3) is 3.61. The van der Waals surface area contributed by atoms with E-state index < -0.39 is 34.0 Å². The largest absolute Gasteiger partial charge is 0.325 e. The monoisotopic (exact) mass is 394 g/mol. The molecule has 1 aliphatic rings. The molecule has 0 aliphatic carbocycles. The summed E-state index contributed by atoms with van der Waals surface area (Å²) < 4.78 is 41.6. The van der Waals surface area contributed by atoms with E-state index in [0.29, 0.717) is 0 Å². The maximum atomic E-state index is 13.4. The number of carbonyl (C=O) groups excluding carboxylic acids is 1. The second-order valence-electron chi connectivity index (χ2n) is 5.75. The number of anilines is 1. The number of rotatable bonds is 3. The molecule has 1 amide bonds. The van der Waals surface area contributed by atoms with Gasteiger partial charge in [-0.1, -0.05) is 6.07 Å². The zero-order chi connectivity index (χ0) is 18.9. The number of nitrogens with one attached hydrogen (secondary N) is 2. The Balaban J connectivity index is 1.84. The molecular weight excluding hydrogens is 379 g/mol. The summed E-state index contributed by atoms with van der Waals surface area (Å²) in [6.45, 7) is 0. The van der Waals surface area contributed by atoms with E-state index in [1.165, 1.54) is 30.5 Å². The van der Waals surface area contributed by atoms with E-state index >= 15 is 0 Å². The lowest BCUT2D eigenvalue weighted by atomic mass is 10.1. The number of nitriles is 1. The lowest BCUT2D eigenvalue weighted by Crippen LogP contribution is -2.55. The molecule has 1 saturated heterocycles. The lowest BCUT2D eigenvalue weighted by Gasteiger charge is -2.35. The maximum absolute atomic E-state index is 13.4. The van der Waals surface area contributed by atoms with Gasteiger partial charge in [0, 0.05) is 17.6 Å². The van der Waals surface area contributed by atoms with Crippen LogP contribution in [0.25, 0.3) is 0 Å². The minimum Gasteiger partial charge on any atom is -0.325 e. The number of thiophene rings is 1. The molecule has 136 valence electrons. The summed E-state index contributed by atoms with van der Waals surface area (Å²) in [5.74, 6) is -1.24. The van der Waals surface area contributed by atoms with Crippen LogP contribution in [0, 0.1) is 17.1 Å². The van der Waals surface area contributed by atoms with E-state index in [2.05, 4.69) is 10.0 Å². The third-order valence-corrected chi connectivity index (χ3v) is 6.69. The molecule has 0 spiro atoms. The van der Waals surface area contributed by atoms with Crippen molar-refractivity contribution >= 4 is 33.1 Å². The number of hydrogen-bond acceptors (Lipinski definition) is 5. The fraction of sp³-hybridized carbons (Fsp3) is 0.250. The lowest BCUT2D eigenvalue weighted by molar-refractivity contribution is -0.120. The van der Waals surface area contributed by atoms with Crippen molar-refractivity contribution < 1.29 is 17.6 Å². The van der Waals surface area contributed by atoms with Gasteiger partial charge in [-0.05, 0) is 36.1 Å². The van der Waals surface area contributed by atoms with E-state index in [1.54, 1.807) is 12.1 Å².